The molecule has 0 amide bonds. The van der Waals surface area contributed by atoms with Crippen molar-refractivity contribution in [2.45, 2.75) is 0 Å². The highest BCUT2D eigenvalue weighted by Gasteiger charge is 2.09. The number of para-hydroxylation sites is 1. The molecule has 0 spiro atoms. The van der Waals surface area contributed by atoms with Gasteiger partial charge in [-0.15, -0.1) is 0 Å². The Kier molecular flexibility index (Phi) is 3.80. The molecule has 0 aliphatic heterocycles. The normalized spacial score (nSPS) is 11.6. The van der Waals surface area contributed by atoms with E-state index in [-0.39, 0.29) is 0 Å². The van der Waals surface area contributed by atoms with E-state index in [0.29, 0.717) is 0 Å². The second-order valence-corrected chi connectivity index (χ2v) is 6.61. The van der Waals surface area contributed by atoms with Crippen molar-refractivity contribution < 1.29 is 0 Å². The third-order valence-electron chi connectivity index (χ3n) is 4.88. The quantitative estimate of drug-likeness (QED) is 0.277. The zero-order valence-corrected chi connectivity index (χ0v) is 14.8. The van der Waals surface area contributed by atoms with Gasteiger partial charge in [0.2, 0.25) is 0 Å². The van der Waals surface area contributed by atoms with Gasteiger partial charge < -0.3 is 4.98 Å². The molecule has 2 heteroatoms. The molecular formula is C25H18N2. The fourth-order valence-corrected chi connectivity index (χ4v) is 3.58. The lowest BCUT2D eigenvalue weighted by atomic mass is 9.96. The average molecular weight is 346 g/mol. The van der Waals surface area contributed by atoms with Crippen molar-refractivity contribution in [1.82, 2.24) is 4.98 Å². The summed E-state index contributed by atoms with van der Waals surface area (Å²) in [4.78, 5) is 8.05. The van der Waals surface area contributed by atoms with Crippen molar-refractivity contribution in [2.24, 2.45) is 4.99 Å². The van der Waals surface area contributed by atoms with E-state index in [2.05, 4.69) is 76.7 Å². The first-order valence-corrected chi connectivity index (χ1v) is 9.07. The molecule has 0 radical (unpaired) electrons. The molecule has 0 unspecified atom stereocenters. The molecule has 27 heavy (non-hydrogen) atoms. The van der Waals surface area contributed by atoms with Gasteiger partial charge in [0, 0.05) is 11.3 Å². The number of aliphatic imine (C=N–C) groups is 1. The smallest absolute Gasteiger partial charge is 0.0630 e. The van der Waals surface area contributed by atoms with Gasteiger partial charge >= 0.3 is 0 Å². The van der Waals surface area contributed by atoms with E-state index in [0.717, 1.165) is 17.1 Å². The first kappa shape index (κ1) is 15.6. The summed E-state index contributed by atoms with van der Waals surface area (Å²) in [6.07, 6.45) is 1.88. The van der Waals surface area contributed by atoms with Gasteiger partial charge in [0.05, 0.1) is 17.6 Å². The van der Waals surface area contributed by atoms with E-state index in [1.165, 1.54) is 27.1 Å². The Morgan fingerprint density at radius 3 is 2.19 bits per heavy atom. The second-order valence-electron chi connectivity index (χ2n) is 6.61. The Bertz CT molecular complexity index is 1260. The van der Waals surface area contributed by atoms with Crippen LogP contribution in [0.4, 0.5) is 5.69 Å². The number of hydrogen-bond acceptors (Lipinski definition) is 1. The summed E-state index contributed by atoms with van der Waals surface area (Å²) in [6, 6.07) is 33.6. The number of hydrogen-bond donors (Lipinski definition) is 1. The number of aromatic amines is 1. The van der Waals surface area contributed by atoms with Gasteiger partial charge in [-0.1, -0.05) is 66.7 Å². The molecular weight excluding hydrogens is 328 g/mol. The van der Waals surface area contributed by atoms with Crippen molar-refractivity contribution >= 4 is 33.4 Å². The maximum Gasteiger partial charge on any atom is 0.0630 e. The van der Waals surface area contributed by atoms with Gasteiger partial charge in [-0.25, -0.2) is 0 Å². The minimum atomic E-state index is 0.949. The Hall–Kier alpha value is -3.65. The van der Waals surface area contributed by atoms with Crippen molar-refractivity contribution in [1.29, 1.82) is 0 Å². The van der Waals surface area contributed by atoms with Crippen LogP contribution in [-0.4, -0.2) is 11.2 Å². The van der Waals surface area contributed by atoms with Crippen LogP contribution in [0, 0.1) is 0 Å². The summed E-state index contributed by atoms with van der Waals surface area (Å²) < 4.78 is 0. The minimum absolute atomic E-state index is 0.949. The largest absolute Gasteiger partial charge is 0.354 e. The van der Waals surface area contributed by atoms with Crippen LogP contribution in [-0.2, 0) is 0 Å². The Morgan fingerprint density at radius 1 is 0.630 bits per heavy atom. The topological polar surface area (TPSA) is 28.1 Å². The maximum atomic E-state index is 4.54. The van der Waals surface area contributed by atoms with Gasteiger partial charge in [-0.05, 0) is 51.9 Å². The first-order valence-electron chi connectivity index (χ1n) is 9.07. The summed E-state index contributed by atoms with van der Waals surface area (Å²) in [5.41, 5.74) is 4.26. The SMILES string of the molecule is C(=Nc1ccccc1)c1ccc(-c2cc3ccccc3c3ccccc23)[nH]1. The van der Waals surface area contributed by atoms with E-state index in [1.54, 1.807) is 0 Å². The summed E-state index contributed by atoms with van der Waals surface area (Å²) >= 11 is 0. The molecule has 0 atom stereocenters. The summed E-state index contributed by atoms with van der Waals surface area (Å²) in [5, 5.41) is 5.07. The predicted octanol–water partition coefficient (Wildman–Crippen LogP) is 6.74. The Labute approximate surface area is 157 Å². The molecule has 0 aliphatic rings. The maximum absolute atomic E-state index is 4.54. The highest BCUT2D eigenvalue weighted by atomic mass is 14.8. The zero-order chi connectivity index (χ0) is 18.1. The van der Waals surface area contributed by atoms with Crippen LogP contribution in [0.5, 0.6) is 0 Å². The third kappa shape index (κ3) is 2.91. The lowest BCUT2D eigenvalue weighted by Gasteiger charge is -2.09. The number of nitrogens with zero attached hydrogens (tertiary/aromatic N) is 1. The predicted molar refractivity (Wildman–Crippen MR) is 115 cm³/mol. The van der Waals surface area contributed by atoms with Crippen molar-refractivity contribution in [2.75, 3.05) is 0 Å². The molecule has 2 nitrogen and oxygen atoms in total. The summed E-state index contributed by atoms with van der Waals surface area (Å²) in [5.74, 6) is 0. The molecule has 0 saturated heterocycles. The number of rotatable bonds is 3. The number of H-pyrrole nitrogens is 1. The molecule has 1 heterocycles. The number of nitrogens with one attached hydrogen (secondary N) is 1. The van der Waals surface area contributed by atoms with Crippen LogP contribution in [0.15, 0.2) is 102 Å². The molecule has 5 aromatic rings. The van der Waals surface area contributed by atoms with Crippen LogP contribution < -0.4 is 0 Å². The molecule has 5 rings (SSSR count). The van der Waals surface area contributed by atoms with E-state index in [1.807, 2.05) is 36.5 Å². The van der Waals surface area contributed by atoms with Crippen molar-refractivity contribution in [3.63, 3.8) is 0 Å². The number of benzene rings is 4. The summed E-state index contributed by atoms with van der Waals surface area (Å²) in [6.45, 7) is 0. The third-order valence-corrected chi connectivity index (χ3v) is 4.88. The fraction of sp³-hybridized carbons (Fsp3) is 0. The van der Waals surface area contributed by atoms with Crippen molar-refractivity contribution in [3.05, 3.63) is 103 Å². The standard InChI is InChI=1S/C25H18N2/c1-2-9-19(10-3-1)26-17-20-14-15-25(27-20)24-16-18-8-4-5-11-21(18)22-12-6-7-13-23(22)24/h1-17,27H. The molecule has 1 aromatic heterocycles. The second kappa shape index (κ2) is 6.58. The average Bonchev–Trinajstić information content (AvgIpc) is 3.21. The number of fused-ring (bicyclic) bond motifs is 3. The molecule has 0 bridgehead atoms. The van der Waals surface area contributed by atoms with Crippen LogP contribution in [0.25, 0.3) is 32.8 Å². The van der Waals surface area contributed by atoms with Crippen LogP contribution >= 0.6 is 0 Å². The minimum Gasteiger partial charge on any atom is -0.354 e. The van der Waals surface area contributed by atoms with Gasteiger partial charge in [-0.3, -0.25) is 4.99 Å². The molecule has 0 aliphatic carbocycles. The molecule has 1 N–H and O–H groups in total. The van der Waals surface area contributed by atoms with Gasteiger partial charge in [0.25, 0.3) is 0 Å². The van der Waals surface area contributed by atoms with E-state index in [4.69, 9.17) is 0 Å². The lowest BCUT2D eigenvalue weighted by molar-refractivity contribution is 1.38. The zero-order valence-electron chi connectivity index (χ0n) is 14.8. The van der Waals surface area contributed by atoms with Crippen LogP contribution in [0.2, 0.25) is 0 Å². The fourth-order valence-electron chi connectivity index (χ4n) is 3.58. The van der Waals surface area contributed by atoms with Gasteiger partial charge in [0.1, 0.15) is 0 Å². The van der Waals surface area contributed by atoms with E-state index >= 15 is 0 Å². The molecule has 0 saturated carbocycles. The highest BCUT2D eigenvalue weighted by Crippen LogP contribution is 2.34. The lowest BCUT2D eigenvalue weighted by Crippen LogP contribution is -1.86. The Balaban J connectivity index is 1.61. The molecule has 128 valence electrons. The van der Waals surface area contributed by atoms with Gasteiger partial charge in [0.15, 0.2) is 0 Å². The van der Waals surface area contributed by atoms with Crippen LogP contribution in [0.3, 0.4) is 0 Å². The molecule has 0 fully saturated rings. The molecule has 4 aromatic carbocycles. The van der Waals surface area contributed by atoms with Crippen LogP contribution in [0.1, 0.15) is 5.69 Å². The summed E-state index contributed by atoms with van der Waals surface area (Å²) in [7, 11) is 0. The highest BCUT2D eigenvalue weighted by molar-refractivity contribution is 6.13. The number of aromatic nitrogens is 1. The van der Waals surface area contributed by atoms with E-state index < -0.39 is 0 Å². The van der Waals surface area contributed by atoms with Gasteiger partial charge in [-0.2, -0.15) is 0 Å². The van der Waals surface area contributed by atoms with Crippen molar-refractivity contribution in [3.8, 4) is 11.3 Å². The monoisotopic (exact) mass is 346 g/mol. The van der Waals surface area contributed by atoms with E-state index in [9.17, 15) is 0 Å². The Morgan fingerprint density at radius 2 is 1.33 bits per heavy atom. The first-order chi connectivity index (χ1) is 13.4.